The van der Waals surface area contributed by atoms with E-state index in [1.807, 2.05) is 97.1 Å². The van der Waals surface area contributed by atoms with Crippen molar-refractivity contribution >= 4 is 5.71 Å². The van der Waals surface area contributed by atoms with Crippen molar-refractivity contribution in [3.05, 3.63) is 143 Å². The Kier molecular flexibility index (Phi) is 15.6. The average Bonchev–Trinajstić information content (AvgIpc) is 3.15. The molecule has 0 aliphatic heterocycles. The third-order valence-electron chi connectivity index (χ3n) is 10.00. The molecule has 4 nitrogen and oxygen atoms in total. The van der Waals surface area contributed by atoms with Crippen LogP contribution in [0.25, 0.3) is 0 Å². The first kappa shape index (κ1) is 38.1. The molecule has 0 bridgehead atoms. The van der Waals surface area contributed by atoms with E-state index in [9.17, 15) is 15.4 Å². The molecule has 0 aliphatic carbocycles. The van der Waals surface area contributed by atoms with Crippen molar-refractivity contribution in [3.63, 3.8) is 0 Å². The minimum atomic E-state index is -1.94. The molecule has 0 spiro atoms. The Balaban J connectivity index is 1.71. The molecule has 0 aliphatic rings. The fraction of sp³-hybridized carbons (Fsp3) is 0.444. The van der Waals surface area contributed by atoms with E-state index in [0.29, 0.717) is 22.3 Å². The number of oxime groups is 1. The van der Waals surface area contributed by atoms with Crippen molar-refractivity contribution in [2.75, 3.05) is 0 Å². The molecular formula is C45H59NO3. The second kappa shape index (κ2) is 20.1. The van der Waals surface area contributed by atoms with Crippen LogP contribution in [0.1, 0.15) is 137 Å². The van der Waals surface area contributed by atoms with Crippen molar-refractivity contribution in [1.82, 2.24) is 0 Å². The normalized spacial score (nSPS) is 13.8. The van der Waals surface area contributed by atoms with Crippen LogP contribution >= 0.6 is 0 Å². The maximum Gasteiger partial charge on any atom is 0.160 e. The fourth-order valence-corrected chi connectivity index (χ4v) is 7.12. The number of rotatable bonds is 22. The number of hydrogen-bond donors (Lipinski definition) is 3. The van der Waals surface area contributed by atoms with Crippen LogP contribution in [0.5, 0.6) is 0 Å². The topological polar surface area (TPSA) is 73.1 Å². The SMILES string of the molecule is CCCCCCCCCc1cccc(C(O)(C(=NO)C(O)(c2ccccc2)c2cccc(CCCCCCCCC)c2)c2ccccc2)c1. The first-order valence-electron chi connectivity index (χ1n) is 19.0. The highest BCUT2D eigenvalue weighted by Gasteiger charge is 2.51. The van der Waals surface area contributed by atoms with Gasteiger partial charge in [0, 0.05) is 0 Å². The van der Waals surface area contributed by atoms with Crippen LogP contribution in [0, 0.1) is 0 Å². The number of nitrogens with zero attached hydrogens (tertiary/aromatic N) is 1. The van der Waals surface area contributed by atoms with Gasteiger partial charge in [-0.05, 0) is 59.1 Å². The number of hydrogen-bond acceptors (Lipinski definition) is 4. The number of unbranched alkanes of at least 4 members (excludes halogenated alkanes) is 12. The highest BCUT2D eigenvalue weighted by Crippen LogP contribution is 2.43. The number of aryl methyl sites for hydroxylation is 2. The molecule has 0 saturated carbocycles. The molecule has 2 unspecified atom stereocenters. The van der Waals surface area contributed by atoms with E-state index in [-0.39, 0.29) is 5.71 Å². The van der Waals surface area contributed by atoms with E-state index in [2.05, 4.69) is 31.1 Å². The first-order chi connectivity index (χ1) is 24.0. The van der Waals surface area contributed by atoms with E-state index in [0.717, 1.165) is 36.8 Å². The Morgan fingerprint density at radius 1 is 0.449 bits per heavy atom. The largest absolute Gasteiger partial charge is 0.411 e. The molecule has 0 fully saturated rings. The molecule has 0 aromatic heterocycles. The Bertz CT molecular complexity index is 1420. The molecule has 2 atom stereocenters. The van der Waals surface area contributed by atoms with Gasteiger partial charge in [-0.25, -0.2) is 0 Å². The minimum absolute atomic E-state index is 0.154. The highest BCUT2D eigenvalue weighted by atomic mass is 16.4. The quantitative estimate of drug-likeness (QED) is 0.0340. The minimum Gasteiger partial charge on any atom is -0.411 e. The van der Waals surface area contributed by atoms with Crippen molar-refractivity contribution in [3.8, 4) is 0 Å². The summed E-state index contributed by atoms with van der Waals surface area (Å²) in [4.78, 5) is 0. The van der Waals surface area contributed by atoms with E-state index in [1.165, 1.54) is 77.0 Å². The zero-order valence-corrected chi connectivity index (χ0v) is 30.0. The zero-order chi connectivity index (χ0) is 34.8. The number of benzene rings is 4. The maximum absolute atomic E-state index is 13.1. The molecule has 4 aromatic carbocycles. The predicted octanol–water partition coefficient (Wildman–Crippen LogP) is 11.3. The molecule has 0 amide bonds. The van der Waals surface area contributed by atoms with Gasteiger partial charge in [0.15, 0.2) is 11.2 Å². The molecular weight excluding hydrogens is 602 g/mol. The smallest absolute Gasteiger partial charge is 0.160 e. The van der Waals surface area contributed by atoms with Crippen molar-refractivity contribution in [1.29, 1.82) is 0 Å². The van der Waals surface area contributed by atoms with E-state index >= 15 is 0 Å². The van der Waals surface area contributed by atoms with Gasteiger partial charge in [-0.3, -0.25) is 0 Å². The summed E-state index contributed by atoms with van der Waals surface area (Å²) in [5.74, 6) is 0. The summed E-state index contributed by atoms with van der Waals surface area (Å²) in [6.07, 6.45) is 19.0. The van der Waals surface area contributed by atoms with Gasteiger partial charge in [-0.2, -0.15) is 0 Å². The van der Waals surface area contributed by atoms with E-state index in [4.69, 9.17) is 0 Å². The van der Waals surface area contributed by atoms with Crippen molar-refractivity contribution in [2.45, 2.75) is 128 Å². The van der Waals surface area contributed by atoms with Gasteiger partial charge >= 0.3 is 0 Å². The van der Waals surface area contributed by atoms with Crippen LogP contribution in [-0.2, 0) is 24.0 Å². The molecule has 0 radical (unpaired) electrons. The summed E-state index contributed by atoms with van der Waals surface area (Å²) in [5, 5.41) is 40.9. The first-order valence-corrected chi connectivity index (χ1v) is 19.0. The van der Waals surface area contributed by atoms with Gasteiger partial charge in [0.1, 0.15) is 5.71 Å². The lowest BCUT2D eigenvalue weighted by molar-refractivity contribution is 0.0905. The predicted molar refractivity (Wildman–Crippen MR) is 204 cm³/mol. The Morgan fingerprint density at radius 3 is 1.16 bits per heavy atom. The summed E-state index contributed by atoms with van der Waals surface area (Å²) >= 11 is 0. The Labute approximate surface area is 295 Å². The van der Waals surface area contributed by atoms with Crippen LogP contribution in [-0.4, -0.2) is 21.1 Å². The molecule has 262 valence electrons. The van der Waals surface area contributed by atoms with Crippen LogP contribution in [0.4, 0.5) is 0 Å². The van der Waals surface area contributed by atoms with Gasteiger partial charge in [0.25, 0.3) is 0 Å². The molecule has 4 heteroatoms. The van der Waals surface area contributed by atoms with Gasteiger partial charge in [0.2, 0.25) is 0 Å². The van der Waals surface area contributed by atoms with Crippen LogP contribution in [0.2, 0.25) is 0 Å². The number of aliphatic hydroxyl groups is 2. The molecule has 4 aromatic rings. The second-order valence-corrected chi connectivity index (χ2v) is 13.7. The Morgan fingerprint density at radius 2 is 0.796 bits per heavy atom. The zero-order valence-electron chi connectivity index (χ0n) is 30.0. The molecule has 3 N–H and O–H groups in total. The summed E-state index contributed by atoms with van der Waals surface area (Å²) in [6.45, 7) is 4.48. The summed E-state index contributed by atoms with van der Waals surface area (Å²) in [6, 6.07) is 34.4. The second-order valence-electron chi connectivity index (χ2n) is 13.7. The lowest BCUT2D eigenvalue weighted by atomic mass is 9.70. The van der Waals surface area contributed by atoms with Crippen LogP contribution < -0.4 is 0 Å². The molecule has 49 heavy (non-hydrogen) atoms. The fourth-order valence-electron chi connectivity index (χ4n) is 7.12. The monoisotopic (exact) mass is 661 g/mol. The third-order valence-corrected chi connectivity index (χ3v) is 10.00. The Hall–Kier alpha value is -3.73. The molecule has 4 rings (SSSR count). The summed E-state index contributed by atoms with van der Waals surface area (Å²) in [5.41, 5.74) is 0.333. The van der Waals surface area contributed by atoms with Crippen LogP contribution in [0.15, 0.2) is 114 Å². The highest BCUT2D eigenvalue weighted by molar-refractivity contribution is 6.05. The van der Waals surface area contributed by atoms with E-state index < -0.39 is 11.2 Å². The summed E-state index contributed by atoms with van der Waals surface area (Å²) < 4.78 is 0. The third kappa shape index (κ3) is 10.2. The summed E-state index contributed by atoms with van der Waals surface area (Å²) in [7, 11) is 0. The lowest BCUT2D eigenvalue weighted by Gasteiger charge is -2.40. The molecule has 0 heterocycles. The van der Waals surface area contributed by atoms with Crippen LogP contribution in [0.3, 0.4) is 0 Å². The maximum atomic E-state index is 13.1. The molecule has 0 saturated heterocycles. The average molecular weight is 662 g/mol. The van der Waals surface area contributed by atoms with Crippen molar-refractivity contribution in [2.24, 2.45) is 5.16 Å². The van der Waals surface area contributed by atoms with Gasteiger partial charge in [-0.15, -0.1) is 0 Å². The van der Waals surface area contributed by atoms with Gasteiger partial charge in [-0.1, -0.05) is 205 Å². The van der Waals surface area contributed by atoms with Gasteiger partial charge in [0.05, 0.1) is 0 Å². The standard InChI is InChI=1S/C45H59NO3/c1-3-5-7-9-11-13-17-25-37-27-23-33-41(35-37)44(47,39-29-19-15-20-30-39)43(46-49)45(48,40-31-21-16-22-32-40)42-34-24-28-38(36-42)26-18-14-12-10-8-6-4-2/h15-16,19-24,27-36,47-49H,3-14,17-18,25-26H2,1-2H3. The van der Waals surface area contributed by atoms with Gasteiger partial charge < -0.3 is 15.4 Å². The lowest BCUT2D eigenvalue weighted by Crippen LogP contribution is -2.51. The van der Waals surface area contributed by atoms with Crippen molar-refractivity contribution < 1.29 is 15.4 Å². The van der Waals surface area contributed by atoms with E-state index in [1.54, 1.807) is 0 Å².